The highest BCUT2D eigenvalue weighted by atomic mass is 32.1. The van der Waals surface area contributed by atoms with Crippen LogP contribution in [0.1, 0.15) is 16.9 Å². The van der Waals surface area contributed by atoms with Crippen LogP contribution in [0.3, 0.4) is 0 Å². The Morgan fingerprint density at radius 1 is 1.25 bits per heavy atom. The van der Waals surface area contributed by atoms with Crippen LogP contribution < -0.4 is 26.6 Å². The van der Waals surface area contributed by atoms with Crippen molar-refractivity contribution in [3.63, 3.8) is 0 Å². The number of ether oxygens (including phenoxy) is 1. The molecule has 0 atom stereocenters. The van der Waals surface area contributed by atoms with E-state index in [2.05, 4.69) is 21.3 Å². The van der Waals surface area contributed by atoms with E-state index in [1.807, 2.05) is 0 Å². The Kier molecular flexibility index (Phi) is 6.90. The minimum absolute atomic E-state index is 0.156. The van der Waals surface area contributed by atoms with Crippen molar-refractivity contribution in [3.8, 4) is 0 Å². The van der Waals surface area contributed by atoms with Crippen molar-refractivity contribution >= 4 is 34.0 Å². The Morgan fingerprint density at radius 2 is 1.96 bits per heavy atom. The summed E-state index contributed by atoms with van der Waals surface area (Å²) < 4.78 is 6.50. The van der Waals surface area contributed by atoms with E-state index >= 15 is 0 Å². The number of carbonyl (C=O) groups excluding carboxylic acids is 1. The van der Waals surface area contributed by atoms with E-state index in [9.17, 15) is 9.59 Å². The molecule has 1 aliphatic rings. The first-order valence-corrected chi connectivity index (χ1v) is 9.68. The van der Waals surface area contributed by atoms with Gasteiger partial charge in [0.1, 0.15) is 13.1 Å². The van der Waals surface area contributed by atoms with Crippen LogP contribution >= 0.6 is 12.2 Å². The summed E-state index contributed by atoms with van der Waals surface area (Å²) >= 11 is 5.20. The maximum atomic E-state index is 12.5. The molecule has 10 heteroatoms. The van der Waals surface area contributed by atoms with Crippen molar-refractivity contribution in [1.82, 2.24) is 25.9 Å². The number of aryl methyl sites for hydroxylation is 1. The van der Waals surface area contributed by atoms with Gasteiger partial charge >= 0.3 is 0 Å². The molecule has 0 saturated carbocycles. The quantitative estimate of drug-likeness (QED) is 0.269. The first-order chi connectivity index (χ1) is 13.6. The topological polar surface area (TPSA) is 102 Å². The Labute approximate surface area is 168 Å². The summed E-state index contributed by atoms with van der Waals surface area (Å²) in [4.78, 5) is 26.2. The monoisotopic (exact) mass is 405 g/mol. The summed E-state index contributed by atoms with van der Waals surface area (Å²) in [6, 6.07) is 6.88. The second-order valence-corrected chi connectivity index (χ2v) is 7.03. The number of hydrogen-bond donors (Lipinski definition) is 4. The lowest BCUT2D eigenvalue weighted by atomic mass is 10.1. The van der Waals surface area contributed by atoms with Gasteiger partial charge in [0.15, 0.2) is 10.8 Å². The fraction of sp³-hybridized carbons (Fsp3) is 0.444. The Hall–Kier alpha value is -2.56. The highest BCUT2D eigenvalue weighted by Crippen LogP contribution is 2.12. The third-order valence-electron chi connectivity index (χ3n) is 4.65. The standard InChI is InChI=1S/C18H24N6O3S/c1-23-17(26)14-6-3-2-5-13(14)15(22-23)16(25)20-21-18(28)19-7-4-8-24-9-11-27-12-10-24/h2-3,5-6H,4,7-12H2,1H3,(H,20,25)(H2,19,21,28)/p+1. The summed E-state index contributed by atoms with van der Waals surface area (Å²) in [7, 11) is 1.52. The van der Waals surface area contributed by atoms with Gasteiger partial charge in [-0.05, 0) is 18.3 Å². The van der Waals surface area contributed by atoms with Crippen LogP contribution in [-0.2, 0) is 11.8 Å². The average Bonchev–Trinajstić information content (AvgIpc) is 2.73. The van der Waals surface area contributed by atoms with E-state index in [0.29, 0.717) is 22.4 Å². The van der Waals surface area contributed by atoms with Crippen molar-refractivity contribution in [2.24, 2.45) is 7.05 Å². The molecule has 28 heavy (non-hydrogen) atoms. The Balaban J connectivity index is 1.49. The maximum Gasteiger partial charge on any atom is 0.290 e. The van der Waals surface area contributed by atoms with E-state index in [-0.39, 0.29) is 11.3 Å². The van der Waals surface area contributed by atoms with Crippen molar-refractivity contribution in [1.29, 1.82) is 0 Å². The SMILES string of the molecule is Cn1nc(C(=O)NNC(=S)NCCC[NH+]2CCOCC2)c2ccccc2c1=O. The summed E-state index contributed by atoms with van der Waals surface area (Å²) in [5, 5.41) is 8.42. The molecule has 2 aromatic rings. The predicted molar refractivity (Wildman–Crippen MR) is 109 cm³/mol. The summed E-state index contributed by atoms with van der Waals surface area (Å²) in [6.45, 7) is 5.50. The minimum atomic E-state index is -0.464. The number of hydrazine groups is 1. The molecule has 0 aliphatic carbocycles. The van der Waals surface area contributed by atoms with Crippen LogP contribution in [-0.4, -0.2) is 60.2 Å². The van der Waals surface area contributed by atoms with Gasteiger partial charge in [-0.1, -0.05) is 18.2 Å². The molecular weight excluding hydrogens is 380 g/mol. The van der Waals surface area contributed by atoms with E-state index in [0.717, 1.165) is 44.0 Å². The second kappa shape index (κ2) is 9.58. The van der Waals surface area contributed by atoms with Crippen molar-refractivity contribution in [3.05, 3.63) is 40.3 Å². The normalized spacial score (nSPS) is 14.6. The maximum absolute atomic E-state index is 12.5. The number of fused-ring (bicyclic) bond motifs is 1. The number of morpholine rings is 1. The highest BCUT2D eigenvalue weighted by molar-refractivity contribution is 7.80. The van der Waals surface area contributed by atoms with Gasteiger partial charge in [0.2, 0.25) is 0 Å². The van der Waals surface area contributed by atoms with Gasteiger partial charge in [0, 0.05) is 25.4 Å². The van der Waals surface area contributed by atoms with Crippen molar-refractivity contribution in [2.75, 3.05) is 39.4 Å². The van der Waals surface area contributed by atoms with Crippen LogP contribution in [0.15, 0.2) is 29.1 Å². The van der Waals surface area contributed by atoms with Gasteiger partial charge in [-0.2, -0.15) is 5.10 Å². The summed E-state index contributed by atoms with van der Waals surface area (Å²) in [5.74, 6) is -0.464. The van der Waals surface area contributed by atoms with Gasteiger partial charge in [-0.25, -0.2) is 4.68 Å². The lowest BCUT2D eigenvalue weighted by Gasteiger charge is -2.23. The van der Waals surface area contributed by atoms with E-state index in [1.165, 1.54) is 11.9 Å². The van der Waals surface area contributed by atoms with E-state index < -0.39 is 5.91 Å². The lowest BCUT2D eigenvalue weighted by molar-refractivity contribution is -0.908. The molecule has 4 N–H and O–H groups in total. The fourth-order valence-corrected chi connectivity index (χ4v) is 3.29. The molecule has 150 valence electrons. The van der Waals surface area contributed by atoms with Crippen molar-refractivity contribution < 1.29 is 14.4 Å². The summed E-state index contributed by atoms with van der Waals surface area (Å²) in [5.41, 5.74) is 5.13. The van der Waals surface area contributed by atoms with Gasteiger partial charge in [-0.3, -0.25) is 20.4 Å². The third-order valence-corrected chi connectivity index (χ3v) is 4.90. The number of benzene rings is 1. The smallest absolute Gasteiger partial charge is 0.290 e. The van der Waals surface area contributed by atoms with Crippen LogP contribution in [0, 0.1) is 0 Å². The zero-order valence-corrected chi connectivity index (χ0v) is 16.6. The molecule has 1 aromatic heterocycles. The number of nitrogens with one attached hydrogen (secondary N) is 4. The zero-order valence-electron chi connectivity index (χ0n) is 15.8. The molecule has 1 aromatic carbocycles. The van der Waals surface area contributed by atoms with Gasteiger partial charge < -0.3 is 15.0 Å². The molecule has 0 radical (unpaired) electrons. The molecule has 9 nitrogen and oxygen atoms in total. The van der Waals surface area contributed by atoms with Gasteiger partial charge in [0.05, 0.1) is 25.1 Å². The molecule has 0 spiro atoms. The number of nitrogens with zero attached hydrogens (tertiary/aromatic N) is 2. The van der Waals surface area contributed by atoms with E-state index in [1.54, 1.807) is 24.3 Å². The van der Waals surface area contributed by atoms with E-state index in [4.69, 9.17) is 17.0 Å². The largest absolute Gasteiger partial charge is 0.370 e. The van der Waals surface area contributed by atoms with Crippen LogP contribution in [0.4, 0.5) is 0 Å². The number of aromatic nitrogens is 2. The van der Waals surface area contributed by atoms with Crippen molar-refractivity contribution in [2.45, 2.75) is 6.42 Å². The van der Waals surface area contributed by atoms with Crippen LogP contribution in [0.25, 0.3) is 10.8 Å². The Morgan fingerprint density at radius 3 is 2.71 bits per heavy atom. The minimum Gasteiger partial charge on any atom is -0.370 e. The average molecular weight is 406 g/mol. The molecule has 1 saturated heterocycles. The predicted octanol–water partition coefficient (Wildman–Crippen LogP) is -1.65. The molecule has 3 rings (SSSR count). The number of hydrogen-bond acceptors (Lipinski definition) is 5. The first-order valence-electron chi connectivity index (χ1n) is 9.28. The number of quaternary nitrogens is 1. The van der Waals surface area contributed by atoms with Crippen LogP contribution in [0.5, 0.6) is 0 Å². The molecule has 1 aliphatic heterocycles. The first kappa shape index (κ1) is 20.2. The van der Waals surface area contributed by atoms with Gasteiger partial charge in [-0.15, -0.1) is 0 Å². The Bertz CT molecular complexity index is 910. The lowest BCUT2D eigenvalue weighted by Crippen LogP contribution is -3.14. The number of carbonyl (C=O) groups is 1. The number of amides is 1. The molecule has 1 fully saturated rings. The molecule has 1 amide bonds. The molecule has 2 heterocycles. The molecule has 0 unspecified atom stereocenters. The molecule has 0 bridgehead atoms. The number of thiocarbonyl (C=S) groups is 1. The second-order valence-electron chi connectivity index (χ2n) is 6.62. The number of rotatable bonds is 5. The highest BCUT2D eigenvalue weighted by Gasteiger charge is 2.16. The molecular formula is C18H25N6O3S+. The summed E-state index contributed by atoms with van der Waals surface area (Å²) in [6.07, 6.45) is 0.970. The third kappa shape index (κ3) is 5.03. The van der Waals surface area contributed by atoms with Gasteiger partial charge in [0.25, 0.3) is 11.5 Å². The fourth-order valence-electron chi connectivity index (χ4n) is 3.13. The zero-order chi connectivity index (χ0) is 19.9. The van der Waals surface area contributed by atoms with Crippen LogP contribution in [0.2, 0.25) is 0 Å².